The predicted molar refractivity (Wildman–Crippen MR) is 99.5 cm³/mol. The number of nitrogens with one attached hydrogen (secondary N) is 1. The lowest BCUT2D eigenvalue weighted by Crippen LogP contribution is -2.24. The third kappa shape index (κ3) is 6.16. The van der Waals surface area contributed by atoms with Crippen molar-refractivity contribution in [3.8, 4) is 5.75 Å². The van der Waals surface area contributed by atoms with E-state index in [1.165, 1.54) is 7.11 Å². The van der Waals surface area contributed by atoms with Crippen LogP contribution in [0.1, 0.15) is 35.3 Å². The van der Waals surface area contributed by atoms with Gasteiger partial charge in [-0.15, -0.1) is 0 Å². The summed E-state index contributed by atoms with van der Waals surface area (Å²) in [4.78, 5) is 11.4. The zero-order valence-electron chi connectivity index (χ0n) is 15.1. The average molecular weight is 377 g/mol. The molecule has 26 heavy (non-hydrogen) atoms. The molecule has 6 nitrogen and oxygen atoms in total. The summed E-state index contributed by atoms with van der Waals surface area (Å²) in [6, 6.07) is 13.6. The minimum absolute atomic E-state index is 0.0508. The SMILES string of the molecule is COC(=O)c1ccc(CS(=O)(=O)NCc2cccc(OC(C)C)c2)cc1. The van der Waals surface area contributed by atoms with Crippen LogP contribution in [0.4, 0.5) is 0 Å². The number of benzene rings is 2. The summed E-state index contributed by atoms with van der Waals surface area (Å²) >= 11 is 0. The van der Waals surface area contributed by atoms with Crippen molar-refractivity contribution in [2.75, 3.05) is 7.11 Å². The van der Waals surface area contributed by atoms with Crippen molar-refractivity contribution >= 4 is 16.0 Å². The third-order valence-corrected chi connectivity index (χ3v) is 4.80. The Morgan fingerprint density at radius 1 is 1.08 bits per heavy atom. The monoisotopic (exact) mass is 377 g/mol. The molecular weight excluding hydrogens is 354 g/mol. The van der Waals surface area contributed by atoms with Crippen molar-refractivity contribution in [1.82, 2.24) is 4.72 Å². The first-order valence-corrected chi connectivity index (χ1v) is 9.84. The molecule has 140 valence electrons. The Bertz CT molecular complexity index is 844. The molecule has 0 aliphatic rings. The molecule has 1 N–H and O–H groups in total. The summed E-state index contributed by atoms with van der Waals surface area (Å²) < 4.78 is 37.4. The fraction of sp³-hybridized carbons (Fsp3) is 0.316. The second-order valence-electron chi connectivity index (χ2n) is 6.08. The molecule has 0 bridgehead atoms. The summed E-state index contributed by atoms with van der Waals surface area (Å²) in [6.45, 7) is 4.04. The Hall–Kier alpha value is -2.38. The van der Waals surface area contributed by atoms with Gasteiger partial charge in [-0.2, -0.15) is 0 Å². The summed E-state index contributed by atoms with van der Waals surface area (Å²) in [5, 5.41) is 0. The molecule has 0 aliphatic carbocycles. The van der Waals surface area contributed by atoms with Gasteiger partial charge in [0.2, 0.25) is 10.0 Å². The van der Waals surface area contributed by atoms with Crippen molar-refractivity contribution < 1.29 is 22.7 Å². The number of hydrogen-bond acceptors (Lipinski definition) is 5. The van der Waals surface area contributed by atoms with Gasteiger partial charge in [-0.25, -0.2) is 17.9 Å². The van der Waals surface area contributed by atoms with E-state index in [0.717, 1.165) is 5.56 Å². The van der Waals surface area contributed by atoms with E-state index in [2.05, 4.69) is 9.46 Å². The van der Waals surface area contributed by atoms with Gasteiger partial charge < -0.3 is 9.47 Å². The maximum atomic E-state index is 12.3. The van der Waals surface area contributed by atoms with Crippen molar-refractivity contribution in [2.45, 2.75) is 32.2 Å². The third-order valence-electron chi connectivity index (χ3n) is 3.50. The van der Waals surface area contributed by atoms with Gasteiger partial charge >= 0.3 is 5.97 Å². The van der Waals surface area contributed by atoms with Gasteiger partial charge in [0.15, 0.2) is 0 Å². The van der Waals surface area contributed by atoms with E-state index in [1.54, 1.807) is 24.3 Å². The number of carbonyl (C=O) groups is 1. The normalized spacial score (nSPS) is 11.4. The van der Waals surface area contributed by atoms with Gasteiger partial charge in [-0.1, -0.05) is 24.3 Å². The van der Waals surface area contributed by atoms with Crippen molar-refractivity contribution in [3.63, 3.8) is 0 Å². The number of esters is 1. The van der Waals surface area contributed by atoms with Crippen LogP contribution in [0.25, 0.3) is 0 Å². The molecule has 2 aromatic carbocycles. The van der Waals surface area contributed by atoms with E-state index in [0.29, 0.717) is 16.9 Å². The van der Waals surface area contributed by atoms with E-state index in [4.69, 9.17) is 4.74 Å². The van der Waals surface area contributed by atoms with Crippen molar-refractivity contribution in [1.29, 1.82) is 0 Å². The summed E-state index contributed by atoms with van der Waals surface area (Å²) in [5.74, 6) is 0.0764. The van der Waals surface area contributed by atoms with Crippen LogP contribution >= 0.6 is 0 Å². The maximum Gasteiger partial charge on any atom is 0.337 e. The van der Waals surface area contributed by atoms with Crippen LogP contribution < -0.4 is 9.46 Å². The van der Waals surface area contributed by atoms with Crippen LogP contribution in [0.5, 0.6) is 5.75 Å². The summed E-state index contributed by atoms with van der Waals surface area (Å²) in [6.07, 6.45) is 0.0508. The number of ether oxygens (including phenoxy) is 2. The van der Waals surface area contributed by atoms with Crippen LogP contribution in [0, 0.1) is 0 Å². The first-order chi connectivity index (χ1) is 12.3. The summed E-state index contributed by atoms with van der Waals surface area (Å²) in [5.41, 5.74) is 1.78. The quantitative estimate of drug-likeness (QED) is 0.716. The molecule has 0 saturated heterocycles. The fourth-order valence-corrected chi connectivity index (χ4v) is 3.44. The first-order valence-electron chi connectivity index (χ1n) is 8.19. The van der Waals surface area contributed by atoms with E-state index in [-0.39, 0.29) is 18.4 Å². The number of carbonyl (C=O) groups excluding carboxylic acids is 1. The van der Waals surface area contributed by atoms with Crippen molar-refractivity contribution in [3.05, 3.63) is 65.2 Å². The van der Waals surface area contributed by atoms with Gasteiger partial charge in [-0.3, -0.25) is 0 Å². The minimum Gasteiger partial charge on any atom is -0.491 e. The van der Waals surface area contributed by atoms with E-state index >= 15 is 0 Å². The fourth-order valence-electron chi connectivity index (χ4n) is 2.32. The highest BCUT2D eigenvalue weighted by molar-refractivity contribution is 7.88. The standard InChI is InChI=1S/C19H23NO5S/c1-14(2)25-18-6-4-5-16(11-18)12-20-26(22,23)13-15-7-9-17(10-8-15)19(21)24-3/h4-11,14,20H,12-13H2,1-3H3. The van der Waals surface area contributed by atoms with E-state index in [1.807, 2.05) is 38.1 Å². The second-order valence-corrected chi connectivity index (χ2v) is 7.89. The Balaban J connectivity index is 1.97. The van der Waals surface area contributed by atoms with Gasteiger partial charge in [0, 0.05) is 6.54 Å². The Labute approximate surface area is 154 Å². The highest BCUT2D eigenvalue weighted by atomic mass is 32.2. The van der Waals surface area contributed by atoms with Gasteiger partial charge in [-0.05, 0) is 49.2 Å². The molecule has 0 amide bonds. The zero-order valence-corrected chi connectivity index (χ0v) is 15.9. The van der Waals surface area contributed by atoms with Crippen LogP contribution in [0.2, 0.25) is 0 Å². The van der Waals surface area contributed by atoms with Crippen molar-refractivity contribution in [2.24, 2.45) is 0 Å². The lowest BCUT2D eigenvalue weighted by atomic mass is 10.1. The maximum absolute atomic E-state index is 12.3. The van der Waals surface area contributed by atoms with Gasteiger partial charge in [0.05, 0.1) is 24.5 Å². The molecule has 0 fully saturated rings. The minimum atomic E-state index is -3.51. The molecule has 0 radical (unpaired) electrons. The molecule has 2 aromatic rings. The second kappa shape index (κ2) is 8.82. The number of hydrogen-bond donors (Lipinski definition) is 1. The average Bonchev–Trinajstić information content (AvgIpc) is 2.59. The van der Waals surface area contributed by atoms with Crippen LogP contribution in [-0.2, 0) is 27.1 Å². The van der Waals surface area contributed by atoms with Gasteiger partial charge in [0.25, 0.3) is 0 Å². The molecule has 0 spiro atoms. The Morgan fingerprint density at radius 3 is 2.38 bits per heavy atom. The number of sulfonamides is 1. The molecule has 0 heterocycles. The number of rotatable bonds is 8. The Morgan fingerprint density at radius 2 is 1.77 bits per heavy atom. The molecule has 0 aromatic heterocycles. The summed E-state index contributed by atoms with van der Waals surface area (Å²) in [7, 11) is -2.22. The molecule has 2 rings (SSSR count). The first kappa shape index (κ1) is 19.9. The molecular formula is C19H23NO5S. The van der Waals surface area contributed by atoms with E-state index in [9.17, 15) is 13.2 Å². The molecule has 0 unspecified atom stereocenters. The predicted octanol–water partition coefficient (Wildman–Crippen LogP) is 2.88. The largest absolute Gasteiger partial charge is 0.491 e. The van der Waals surface area contributed by atoms with Crippen LogP contribution in [-0.4, -0.2) is 27.6 Å². The molecule has 0 saturated carbocycles. The van der Waals surface area contributed by atoms with E-state index < -0.39 is 16.0 Å². The van der Waals surface area contributed by atoms with Gasteiger partial charge in [0.1, 0.15) is 5.75 Å². The molecule has 0 atom stereocenters. The highest BCUT2D eigenvalue weighted by Gasteiger charge is 2.13. The van der Waals surface area contributed by atoms with Crippen LogP contribution in [0.3, 0.4) is 0 Å². The smallest absolute Gasteiger partial charge is 0.337 e. The van der Waals surface area contributed by atoms with Crippen LogP contribution in [0.15, 0.2) is 48.5 Å². The lowest BCUT2D eigenvalue weighted by Gasteiger charge is -2.11. The molecule has 0 aliphatic heterocycles. The number of methoxy groups -OCH3 is 1. The topological polar surface area (TPSA) is 81.7 Å². The highest BCUT2D eigenvalue weighted by Crippen LogP contribution is 2.15. The lowest BCUT2D eigenvalue weighted by molar-refractivity contribution is 0.0600. The molecule has 7 heteroatoms. The zero-order chi connectivity index (χ0) is 19.2. The Kier molecular flexibility index (Phi) is 6.76.